The molecular formula is C12H28NO4S-. The number of quaternary nitrogens is 1. The number of nitrogens with one attached hydrogen (secondary N) is 1. The summed E-state index contributed by atoms with van der Waals surface area (Å²) in [5.74, 6) is 0. The minimum atomic E-state index is -5.17. The van der Waals surface area contributed by atoms with Crippen molar-refractivity contribution < 1.29 is 22.4 Å². The Kier molecular flexibility index (Phi) is 14.9. The van der Waals surface area contributed by atoms with E-state index in [-0.39, 0.29) is 0 Å². The fraction of sp³-hybridized carbons (Fsp3) is 1.00. The fourth-order valence-electron chi connectivity index (χ4n) is 1.66. The first kappa shape index (κ1) is 20.2. The maximum atomic E-state index is 8.52. The van der Waals surface area contributed by atoms with Gasteiger partial charge in [0.05, 0.1) is 19.6 Å². The summed E-state index contributed by atoms with van der Waals surface area (Å²) in [6.07, 6.45) is 8.26. The first-order valence-electron chi connectivity index (χ1n) is 6.85. The maximum absolute atomic E-state index is 8.52. The zero-order chi connectivity index (χ0) is 14.4. The summed E-state index contributed by atoms with van der Waals surface area (Å²) < 4.78 is 34.1. The summed E-state index contributed by atoms with van der Waals surface area (Å²) in [5.41, 5.74) is 0. The molecule has 0 rings (SSSR count). The Morgan fingerprint density at radius 1 is 0.778 bits per heavy atom. The molecule has 0 fully saturated rings. The van der Waals surface area contributed by atoms with Crippen LogP contribution in [0.25, 0.3) is 0 Å². The van der Waals surface area contributed by atoms with E-state index in [4.69, 9.17) is 17.5 Å². The van der Waals surface area contributed by atoms with Crippen LogP contribution in [0.15, 0.2) is 0 Å². The molecule has 1 N–H and O–H groups in total. The van der Waals surface area contributed by atoms with Crippen molar-refractivity contribution in [2.45, 2.75) is 59.3 Å². The third kappa shape index (κ3) is 24.9. The lowest BCUT2D eigenvalue weighted by molar-refractivity contribution is -0.900. The van der Waals surface area contributed by atoms with Gasteiger partial charge in [-0.15, -0.1) is 0 Å². The summed E-state index contributed by atoms with van der Waals surface area (Å²) >= 11 is 0. The van der Waals surface area contributed by atoms with Gasteiger partial charge in [-0.2, -0.15) is 0 Å². The summed E-state index contributed by atoms with van der Waals surface area (Å²) in [6.45, 7) is 11.1. The summed E-state index contributed by atoms with van der Waals surface area (Å²) in [7, 11) is -5.17. The van der Waals surface area contributed by atoms with Crippen molar-refractivity contribution in [2.24, 2.45) is 0 Å². The van der Waals surface area contributed by atoms with Crippen LogP contribution in [0.3, 0.4) is 0 Å². The molecule has 6 heteroatoms. The number of hydrogen-bond donors (Lipinski definition) is 1. The third-order valence-corrected chi connectivity index (χ3v) is 2.65. The van der Waals surface area contributed by atoms with Gasteiger partial charge in [-0.3, -0.25) is 8.42 Å². The lowest BCUT2D eigenvalue weighted by Crippen LogP contribution is -3.12. The molecule has 0 bridgehead atoms. The minimum absolute atomic E-state index is 1.35. The van der Waals surface area contributed by atoms with Gasteiger partial charge in [0.25, 0.3) is 0 Å². The maximum Gasteiger partial charge on any atom is 0.0770 e. The van der Waals surface area contributed by atoms with E-state index in [1.807, 2.05) is 4.90 Å². The Morgan fingerprint density at radius 2 is 1.00 bits per heavy atom. The molecule has 18 heavy (non-hydrogen) atoms. The SMILES string of the molecule is CCCC[NH+](CCCC)CCCC.O=S(=O)([O-])[O-]. The van der Waals surface area contributed by atoms with E-state index in [1.165, 1.54) is 58.2 Å². The highest BCUT2D eigenvalue weighted by atomic mass is 32.3. The van der Waals surface area contributed by atoms with E-state index in [0.29, 0.717) is 0 Å². The Balaban J connectivity index is 0. The van der Waals surface area contributed by atoms with Crippen molar-refractivity contribution in [1.29, 1.82) is 0 Å². The van der Waals surface area contributed by atoms with Crippen LogP contribution in [0.5, 0.6) is 0 Å². The van der Waals surface area contributed by atoms with Crippen molar-refractivity contribution in [3.63, 3.8) is 0 Å². The highest BCUT2D eigenvalue weighted by molar-refractivity contribution is 7.79. The van der Waals surface area contributed by atoms with Crippen molar-refractivity contribution in [3.05, 3.63) is 0 Å². The monoisotopic (exact) mass is 282 g/mol. The van der Waals surface area contributed by atoms with Crippen LogP contribution in [-0.2, 0) is 10.4 Å². The number of hydrogen-bond acceptors (Lipinski definition) is 4. The largest absolute Gasteiger partial charge is 0.759 e. The standard InChI is InChI=1S/C12H27N.H2O4S/c1-4-7-10-13(11-8-5-2)12-9-6-3;1-5(2,3)4/h4-12H2,1-3H3;(H2,1,2,3,4)/p-1. The van der Waals surface area contributed by atoms with Crippen molar-refractivity contribution in [2.75, 3.05) is 19.6 Å². The first-order valence-corrected chi connectivity index (χ1v) is 8.18. The van der Waals surface area contributed by atoms with Crippen LogP contribution in [0, 0.1) is 0 Å². The Hall–Kier alpha value is -0.170. The van der Waals surface area contributed by atoms with Crippen molar-refractivity contribution in [1.82, 2.24) is 0 Å². The van der Waals surface area contributed by atoms with Gasteiger partial charge >= 0.3 is 0 Å². The zero-order valence-corrected chi connectivity index (χ0v) is 12.7. The van der Waals surface area contributed by atoms with Crippen LogP contribution in [-0.4, -0.2) is 37.2 Å². The molecule has 0 radical (unpaired) electrons. The smallest absolute Gasteiger partial charge is 0.0770 e. The highest BCUT2D eigenvalue weighted by Gasteiger charge is 2.05. The third-order valence-electron chi connectivity index (χ3n) is 2.65. The second kappa shape index (κ2) is 13.3. The highest BCUT2D eigenvalue weighted by Crippen LogP contribution is 1.85. The predicted molar refractivity (Wildman–Crippen MR) is 70.8 cm³/mol. The van der Waals surface area contributed by atoms with Crippen LogP contribution in [0.4, 0.5) is 0 Å². The number of rotatable bonds is 9. The van der Waals surface area contributed by atoms with Crippen molar-refractivity contribution in [3.8, 4) is 0 Å². The molecule has 0 aromatic rings. The minimum Gasteiger partial charge on any atom is -0.759 e. The molecule has 0 amide bonds. The molecule has 0 saturated heterocycles. The van der Waals surface area contributed by atoms with E-state index in [2.05, 4.69) is 20.8 Å². The molecule has 112 valence electrons. The topological polar surface area (TPSA) is 84.7 Å². The van der Waals surface area contributed by atoms with Gasteiger partial charge in [0.2, 0.25) is 0 Å². The Bertz CT molecular complexity index is 228. The van der Waals surface area contributed by atoms with Crippen molar-refractivity contribution >= 4 is 10.4 Å². The van der Waals surface area contributed by atoms with Gasteiger partial charge in [0.15, 0.2) is 0 Å². The molecule has 0 saturated carbocycles. The van der Waals surface area contributed by atoms with Crippen LogP contribution in [0.1, 0.15) is 59.3 Å². The van der Waals surface area contributed by atoms with Crippen LogP contribution in [0.2, 0.25) is 0 Å². The zero-order valence-electron chi connectivity index (χ0n) is 11.9. The molecular weight excluding hydrogens is 254 g/mol. The molecule has 0 aliphatic carbocycles. The predicted octanol–water partition coefficient (Wildman–Crippen LogP) is 0.934. The molecule has 0 spiro atoms. The summed E-state index contributed by atoms with van der Waals surface area (Å²) in [4.78, 5) is 1.84. The Labute approximate surface area is 112 Å². The van der Waals surface area contributed by atoms with E-state index >= 15 is 0 Å². The van der Waals surface area contributed by atoms with Gasteiger partial charge in [-0.05, 0) is 19.3 Å². The molecule has 0 aliphatic rings. The van der Waals surface area contributed by atoms with Crippen LogP contribution < -0.4 is 4.90 Å². The summed E-state index contributed by atoms with van der Waals surface area (Å²) in [5, 5.41) is 0. The lowest BCUT2D eigenvalue weighted by Gasteiger charge is -2.18. The molecule has 0 heterocycles. The average Bonchev–Trinajstić information content (AvgIpc) is 2.26. The van der Waals surface area contributed by atoms with Gasteiger partial charge in [-0.25, -0.2) is 0 Å². The quantitative estimate of drug-likeness (QED) is 0.503. The van der Waals surface area contributed by atoms with E-state index in [9.17, 15) is 0 Å². The van der Waals surface area contributed by atoms with E-state index in [0.717, 1.165) is 0 Å². The van der Waals surface area contributed by atoms with Crippen LogP contribution >= 0.6 is 0 Å². The molecule has 0 aromatic carbocycles. The first-order chi connectivity index (χ1) is 8.35. The average molecular weight is 282 g/mol. The van der Waals surface area contributed by atoms with E-state index in [1.54, 1.807) is 0 Å². The molecule has 5 nitrogen and oxygen atoms in total. The van der Waals surface area contributed by atoms with Gasteiger partial charge < -0.3 is 14.0 Å². The molecule has 0 unspecified atom stereocenters. The van der Waals surface area contributed by atoms with Gasteiger partial charge in [0, 0.05) is 10.4 Å². The normalized spacial score (nSPS) is 11.2. The van der Waals surface area contributed by atoms with Gasteiger partial charge in [0.1, 0.15) is 0 Å². The lowest BCUT2D eigenvalue weighted by atomic mass is 10.2. The number of unbranched alkanes of at least 4 members (excludes halogenated alkanes) is 3. The second-order valence-corrected chi connectivity index (χ2v) is 5.29. The fourth-order valence-corrected chi connectivity index (χ4v) is 1.66. The Morgan fingerprint density at radius 3 is 1.17 bits per heavy atom. The van der Waals surface area contributed by atoms with Gasteiger partial charge in [-0.1, -0.05) is 40.0 Å². The summed E-state index contributed by atoms with van der Waals surface area (Å²) in [6, 6.07) is 0. The molecule has 0 aliphatic heterocycles. The second-order valence-electron chi connectivity index (χ2n) is 4.47. The van der Waals surface area contributed by atoms with E-state index < -0.39 is 10.4 Å². The molecule has 0 atom stereocenters. The molecule has 0 aromatic heterocycles.